The molecule has 2 atom stereocenters. The minimum absolute atomic E-state index is 0.000643. The molecule has 0 radical (unpaired) electrons. The number of aromatic nitrogens is 2. The summed E-state index contributed by atoms with van der Waals surface area (Å²) in [7, 11) is 0. The predicted octanol–water partition coefficient (Wildman–Crippen LogP) is 8.64. The number of carbonyl (C=O) groups is 1. The van der Waals surface area contributed by atoms with Gasteiger partial charge in [0, 0.05) is 22.9 Å². The van der Waals surface area contributed by atoms with Crippen molar-refractivity contribution in [2.75, 3.05) is 11.9 Å². The van der Waals surface area contributed by atoms with Crippen molar-refractivity contribution in [1.82, 2.24) is 10.1 Å². The van der Waals surface area contributed by atoms with E-state index < -0.39 is 0 Å². The van der Waals surface area contributed by atoms with Gasteiger partial charge in [0.05, 0.1) is 12.5 Å². The number of carbonyl (C=O) groups excluding carboxylic acids is 1. The Bertz CT molecular complexity index is 1320. The fourth-order valence-corrected chi connectivity index (χ4v) is 7.94. The quantitative estimate of drug-likeness (QED) is 0.280. The zero-order valence-corrected chi connectivity index (χ0v) is 24.8. The lowest BCUT2D eigenvalue weighted by Crippen LogP contribution is -2.38. The van der Waals surface area contributed by atoms with E-state index in [-0.39, 0.29) is 17.9 Å². The molecule has 0 spiro atoms. The SMILES string of the molecule is CCOC(=O)[C@@H]1CC[C@H](Nc2ccc(-c3noc(-c4ccc(C5(C6CCCCC6)CCCCC5)cc4)n3)cc2C)C1. The van der Waals surface area contributed by atoms with E-state index in [1.165, 1.54) is 69.8 Å². The van der Waals surface area contributed by atoms with Crippen LogP contribution in [0, 0.1) is 18.8 Å². The first-order valence-electron chi connectivity index (χ1n) is 16.0. The molecule has 0 aliphatic heterocycles. The highest BCUT2D eigenvalue weighted by Crippen LogP contribution is 2.50. The number of rotatable bonds is 8. The van der Waals surface area contributed by atoms with E-state index in [1.807, 2.05) is 13.0 Å². The Kier molecular flexibility index (Phi) is 8.45. The zero-order chi connectivity index (χ0) is 28.2. The number of nitrogens with zero attached hydrogens (tertiary/aromatic N) is 2. The van der Waals surface area contributed by atoms with Crippen molar-refractivity contribution in [3.05, 3.63) is 53.6 Å². The van der Waals surface area contributed by atoms with Gasteiger partial charge in [-0.25, -0.2) is 0 Å². The smallest absolute Gasteiger partial charge is 0.308 e. The molecule has 6 heteroatoms. The van der Waals surface area contributed by atoms with Crippen molar-refractivity contribution in [1.29, 1.82) is 0 Å². The first-order valence-corrected chi connectivity index (χ1v) is 16.0. The summed E-state index contributed by atoms with van der Waals surface area (Å²) in [6, 6.07) is 15.6. The van der Waals surface area contributed by atoms with Crippen LogP contribution >= 0.6 is 0 Å². The first-order chi connectivity index (χ1) is 20.1. The summed E-state index contributed by atoms with van der Waals surface area (Å²) < 4.78 is 11.0. The van der Waals surface area contributed by atoms with E-state index in [1.54, 1.807) is 0 Å². The van der Waals surface area contributed by atoms with Crippen LogP contribution in [0.4, 0.5) is 5.69 Å². The lowest BCUT2D eigenvalue weighted by Gasteiger charge is -2.46. The van der Waals surface area contributed by atoms with Crippen LogP contribution < -0.4 is 5.32 Å². The molecule has 3 saturated carbocycles. The van der Waals surface area contributed by atoms with Crippen molar-refractivity contribution in [2.24, 2.45) is 11.8 Å². The normalized spacial score (nSPS) is 22.9. The molecule has 3 aromatic rings. The van der Waals surface area contributed by atoms with Gasteiger partial charge in [0.1, 0.15) is 0 Å². The van der Waals surface area contributed by atoms with Gasteiger partial charge in [-0.1, -0.05) is 55.8 Å². The van der Waals surface area contributed by atoms with Crippen LogP contribution in [0.3, 0.4) is 0 Å². The standard InChI is InChI=1S/C35H45N3O3/c1-3-40-34(39)27-14-18-30(23-27)36-31-19-15-26(22-24(31)2)32-37-33(41-38-32)25-12-16-29(17-13-25)35(20-8-5-9-21-35)28-10-6-4-7-11-28/h12-13,15-17,19,22,27-28,30,36H,3-11,14,18,20-21,23H2,1-2H3/t27-,30+/m1/s1. The minimum atomic E-state index is -0.0656. The molecule has 0 amide bonds. The molecule has 218 valence electrons. The van der Waals surface area contributed by atoms with Crippen molar-refractivity contribution < 1.29 is 14.1 Å². The number of anilines is 1. The molecule has 3 fully saturated rings. The van der Waals surface area contributed by atoms with Crippen molar-refractivity contribution in [3.8, 4) is 22.8 Å². The first kappa shape index (κ1) is 28.0. The number of nitrogens with one attached hydrogen (secondary N) is 1. The predicted molar refractivity (Wildman–Crippen MR) is 163 cm³/mol. The Hall–Kier alpha value is -3.15. The third-order valence-electron chi connectivity index (χ3n) is 10.2. The second-order valence-corrected chi connectivity index (χ2v) is 12.7. The van der Waals surface area contributed by atoms with Gasteiger partial charge in [-0.05, 0) is 112 Å². The van der Waals surface area contributed by atoms with Crippen LogP contribution in [-0.4, -0.2) is 28.8 Å². The van der Waals surface area contributed by atoms with E-state index in [0.29, 0.717) is 23.7 Å². The summed E-state index contributed by atoms with van der Waals surface area (Å²) in [6.45, 7) is 4.40. The van der Waals surface area contributed by atoms with Crippen LogP contribution in [0.2, 0.25) is 0 Å². The number of benzene rings is 2. The lowest BCUT2D eigenvalue weighted by molar-refractivity contribution is -0.147. The van der Waals surface area contributed by atoms with Gasteiger partial charge in [-0.15, -0.1) is 0 Å². The van der Waals surface area contributed by atoms with E-state index in [2.05, 4.69) is 53.8 Å². The van der Waals surface area contributed by atoms with Crippen molar-refractivity contribution >= 4 is 11.7 Å². The maximum Gasteiger partial charge on any atom is 0.308 e. The van der Waals surface area contributed by atoms with E-state index >= 15 is 0 Å². The molecule has 1 N–H and O–H groups in total. The molecule has 1 aromatic heterocycles. The van der Waals surface area contributed by atoms with Gasteiger partial charge in [-0.2, -0.15) is 4.98 Å². The van der Waals surface area contributed by atoms with Crippen LogP contribution in [0.5, 0.6) is 0 Å². The van der Waals surface area contributed by atoms with Crippen LogP contribution in [-0.2, 0) is 14.9 Å². The summed E-state index contributed by atoms with van der Waals surface area (Å²) in [5.74, 6) is 1.93. The van der Waals surface area contributed by atoms with Crippen LogP contribution in [0.15, 0.2) is 47.0 Å². The Labute approximate surface area is 244 Å². The highest BCUT2D eigenvalue weighted by atomic mass is 16.5. The highest BCUT2D eigenvalue weighted by Gasteiger charge is 2.41. The average molecular weight is 556 g/mol. The molecular weight excluding hydrogens is 510 g/mol. The Morgan fingerprint density at radius 2 is 1.68 bits per heavy atom. The Morgan fingerprint density at radius 3 is 2.41 bits per heavy atom. The largest absolute Gasteiger partial charge is 0.466 e. The monoisotopic (exact) mass is 555 g/mol. The fourth-order valence-electron chi connectivity index (χ4n) is 7.94. The second-order valence-electron chi connectivity index (χ2n) is 12.7. The molecule has 3 aliphatic carbocycles. The van der Waals surface area contributed by atoms with Crippen LogP contribution in [0.1, 0.15) is 102 Å². The van der Waals surface area contributed by atoms with Crippen molar-refractivity contribution in [3.63, 3.8) is 0 Å². The topological polar surface area (TPSA) is 77.2 Å². The molecular formula is C35H45N3O3. The highest BCUT2D eigenvalue weighted by molar-refractivity contribution is 5.73. The maximum atomic E-state index is 12.1. The minimum Gasteiger partial charge on any atom is -0.466 e. The molecule has 0 saturated heterocycles. The third-order valence-corrected chi connectivity index (χ3v) is 10.2. The summed E-state index contributed by atoms with van der Waals surface area (Å²) in [4.78, 5) is 16.9. The lowest BCUT2D eigenvalue weighted by atomic mass is 9.58. The molecule has 0 unspecified atom stereocenters. The van der Waals surface area contributed by atoms with E-state index in [4.69, 9.17) is 14.2 Å². The maximum absolute atomic E-state index is 12.1. The fraction of sp³-hybridized carbons (Fsp3) is 0.571. The Balaban J connectivity index is 1.14. The molecule has 1 heterocycles. The van der Waals surface area contributed by atoms with E-state index in [9.17, 15) is 4.79 Å². The van der Waals surface area contributed by atoms with Gasteiger partial charge >= 0.3 is 5.97 Å². The summed E-state index contributed by atoms with van der Waals surface area (Å²) in [5.41, 5.74) is 5.99. The number of esters is 1. The van der Waals surface area contributed by atoms with Crippen LogP contribution in [0.25, 0.3) is 22.8 Å². The summed E-state index contributed by atoms with van der Waals surface area (Å²) in [6.07, 6.45) is 16.4. The number of ether oxygens (including phenoxy) is 1. The molecule has 0 bridgehead atoms. The van der Waals surface area contributed by atoms with E-state index in [0.717, 1.165) is 47.6 Å². The zero-order valence-electron chi connectivity index (χ0n) is 24.8. The van der Waals surface area contributed by atoms with Crippen molar-refractivity contribution in [2.45, 2.75) is 109 Å². The second kappa shape index (κ2) is 12.4. The number of hydrogen-bond donors (Lipinski definition) is 1. The summed E-state index contributed by atoms with van der Waals surface area (Å²) in [5, 5.41) is 7.96. The molecule has 3 aliphatic rings. The van der Waals surface area contributed by atoms with Gasteiger partial charge in [0.2, 0.25) is 5.82 Å². The van der Waals surface area contributed by atoms with Gasteiger partial charge < -0.3 is 14.6 Å². The number of aryl methyl sites for hydroxylation is 1. The van der Waals surface area contributed by atoms with Gasteiger partial charge in [-0.3, -0.25) is 4.79 Å². The summed E-state index contributed by atoms with van der Waals surface area (Å²) >= 11 is 0. The number of hydrogen-bond acceptors (Lipinski definition) is 6. The van der Waals surface area contributed by atoms with Gasteiger partial charge in [0.15, 0.2) is 0 Å². The third kappa shape index (κ3) is 5.93. The molecule has 6 rings (SSSR count). The Morgan fingerprint density at radius 1 is 0.951 bits per heavy atom. The molecule has 2 aromatic carbocycles. The molecule has 6 nitrogen and oxygen atoms in total. The molecule has 41 heavy (non-hydrogen) atoms. The average Bonchev–Trinajstić information content (AvgIpc) is 3.70. The van der Waals surface area contributed by atoms with Gasteiger partial charge in [0.25, 0.3) is 5.89 Å².